The zero-order chi connectivity index (χ0) is 16.8. The Bertz CT molecular complexity index is 679. The molecule has 24 heavy (non-hydrogen) atoms. The van der Waals surface area contributed by atoms with Crippen molar-refractivity contribution in [1.29, 1.82) is 0 Å². The first-order valence-corrected chi connectivity index (χ1v) is 8.38. The molecule has 0 atom stereocenters. The molecule has 5 heteroatoms. The zero-order valence-electron chi connectivity index (χ0n) is 14.0. The van der Waals surface area contributed by atoms with Gasteiger partial charge in [-0.1, -0.05) is 12.1 Å². The first kappa shape index (κ1) is 16.3. The number of amides is 1. The van der Waals surface area contributed by atoms with Gasteiger partial charge in [-0.25, -0.2) is 0 Å². The van der Waals surface area contributed by atoms with E-state index in [1.54, 1.807) is 13.3 Å². The van der Waals surface area contributed by atoms with Crippen LogP contribution in [0.2, 0.25) is 0 Å². The second-order valence-corrected chi connectivity index (χ2v) is 5.95. The van der Waals surface area contributed by atoms with Gasteiger partial charge in [0.2, 0.25) is 0 Å². The summed E-state index contributed by atoms with van der Waals surface area (Å²) in [6.07, 6.45) is 4.92. The molecule has 1 aromatic heterocycles. The quantitative estimate of drug-likeness (QED) is 0.887. The summed E-state index contributed by atoms with van der Waals surface area (Å²) in [5, 5.41) is 2.94. The lowest BCUT2D eigenvalue weighted by Gasteiger charge is -2.17. The van der Waals surface area contributed by atoms with Gasteiger partial charge in [-0.05, 0) is 49.1 Å². The average molecular weight is 325 g/mol. The molecule has 1 aliphatic heterocycles. The minimum atomic E-state index is -0.121. The van der Waals surface area contributed by atoms with Crippen molar-refractivity contribution in [3.05, 3.63) is 53.9 Å². The van der Waals surface area contributed by atoms with Gasteiger partial charge in [0.25, 0.3) is 5.91 Å². The van der Waals surface area contributed by atoms with Crippen molar-refractivity contribution in [3.63, 3.8) is 0 Å². The monoisotopic (exact) mass is 325 g/mol. The van der Waals surface area contributed by atoms with E-state index in [1.807, 2.05) is 36.4 Å². The molecule has 1 fully saturated rings. The maximum absolute atomic E-state index is 12.3. The highest BCUT2D eigenvalue weighted by atomic mass is 16.5. The molecule has 1 amide bonds. The number of benzene rings is 1. The average Bonchev–Trinajstić information content (AvgIpc) is 3.17. The molecule has 0 spiro atoms. The van der Waals surface area contributed by atoms with E-state index in [-0.39, 0.29) is 5.91 Å². The molecule has 5 nitrogen and oxygen atoms in total. The standard InChI is InChI=1S/C19H23N3O2/c1-24-17-6-4-15(5-7-17)8-10-21-19(23)18-14-16(9-11-20-18)22-12-2-3-13-22/h4-7,9,11,14H,2-3,8,10,12-13H2,1H3,(H,21,23). The summed E-state index contributed by atoms with van der Waals surface area (Å²) >= 11 is 0. The maximum Gasteiger partial charge on any atom is 0.269 e. The number of carbonyl (C=O) groups excluding carboxylic acids is 1. The number of aromatic nitrogens is 1. The highest BCUT2D eigenvalue weighted by Gasteiger charge is 2.14. The fraction of sp³-hybridized carbons (Fsp3) is 0.368. The Morgan fingerprint density at radius 1 is 1.21 bits per heavy atom. The van der Waals surface area contributed by atoms with E-state index in [0.29, 0.717) is 12.2 Å². The molecule has 1 saturated heterocycles. The normalized spacial score (nSPS) is 13.8. The van der Waals surface area contributed by atoms with Crippen LogP contribution >= 0.6 is 0 Å². The van der Waals surface area contributed by atoms with E-state index in [2.05, 4.69) is 15.2 Å². The summed E-state index contributed by atoms with van der Waals surface area (Å²) in [4.78, 5) is 18.8. The molecule has 1 N–H and O–H groups in total. The van der Waals surface area contributed by atoms with Crippen LogP contribution in [0.4, 0.5) is 5.69 Å². The Labute approximate surface area is 142 Å². The Kier molecular flexibility index (Phi) is 5.31. The lowest BCUT2D eigenvalue weighted by molar-refractivity contribution is 0.0949. The Balaban J connectivity index is 1.53. The first-order chi connectivity index (χ1) is 11.8. The minimum absolute atomic E-state index is 0.121. The second kappa shape index (κ2) is 7.81. The van der Waals surface area contributed by atoms with Crippen LogP contribution in [0, 0.1) is 0 Å². The van der Waals surface area contributed by atoms with E-state index in [0.717, 1.165) is 36.5 Å². The van der Waals surface area contributed by atoms with Gasteiger partial charge >= 0.3 is 0 Å². The number of ether oxygens (including phenoxy) is 1. The van der Waals surface area contributed by atoms with Crippen LogP contribution in [0.3, 0.4) is 0 Å². The molecule has 0 unspecified atom stereocenters. The van der Waals surface area contributed by atoms with Crippen molar-refractivity contribution in [2.24, 2.45) is 0 Å². The molecule has 3 rings (SSSR count). The van der Waals surface area contributed by atoms with Gasteiger partial charge in [-0.3, -0.25) is 9.78 Å². The van der Waals surface area contributed by atoms with Gasteiger partial charge in [0.1, 0.15) is 11.4 Å². The number of hydrogen-bond acceptors (Lipinski definition) is 4. The second-order valence-electron chi connectivity index (χ2n) is 5.95. The van der Waals surface area contributed by atoms with Crippen molar-refractivity contribution in [2.75, 3.05) is 31.6 Å². The summed E-state index contributed by atoms with van der Waals surface area (Å²) < 4.78 is 5.14. The van der Waals surface area contributed by atoms with E-state index >= 15 is 0 Å². The number of hydrogen-bond donors (Lipinski definition) is 1. The smallest absolute Gasteiger partial charge is 0.269 e. The third kappa shape index (κ3) is 4.04. The van der Waals surface area contributed by atoms with Gasteiger partial charge in [0.05, 0.1) is 7.11 Å². The largest absolute Gasteiger partial charge is 0.497 e. The Morgan fingerprint density at radius 2 is 1.96 bits per heavy atom. The number of nitrogens with one attached hydrogen (secondary N) is 1. The highest BCUT2D eigenvalue weighted by molar-refractivity contribution is 5.93. The van der Waals surface area contributed by atoms with Crippen LogP contribution in [-0.2, 0) is 6.42 Å². The van der Waals surface area contributed by atoms with Crippen LogP contribution in [0.5, 0.6) is 5.75 Å². The molecule has 2 heterocycles. The van der Waals surface area contributed by atoms with Crippen molar-refractivity contribution < 1.29 is 9.53 Å². The van der Waals surface area contributed by atoms with Crippen LogP contribution in [-0.4, -0.2) is 37.6 Å². The van der Waals surface area contributed by atoms with Crippen LogP contribution < -0.4 is 15.0 Å². The molecular formula is C19H23N3O2. The van der Waals surface area contributed by atoms with E-state index in [4.69, 9.17) is 4.74 Å². The van der Waals surface area contributed by atoms with Crippen molar-refractivity contribution in [2.45, 2.75) is 19.3 Å². The van der Waals surface area contributed by atoms with E-state index in [1.165, 1.54) is 12.8 Å². The van der Waals surface area contributed by atoms with Crippen molar-refractivity contribution in [1.82, 2.24) is 10.3 Å². The molecule has 126 valence electrons. The summed E-state index contributed by atoms with van der Waals surface area (Å²) in [7, 11) is 1.65. The number of carbonyl (C=O) groups is 1. The molecule has 0 aliphatic carbocycles. The lowest BCUT2D eigenvalue weighted by atomic mass is 10.1. The summed E-state index contributed by atoms with van der Waals surface area (Å²) in [6, 6.07) is 11.7. The zero-order valence-corrected chi connectivity index (χ0v) is 14.0. The minimum Gasteiger partial charge on any atom is -0.497 e. The molecule has 0 radical (unpaired) electrons. The predicted octanol–water partition coefficient (Wildman–Crippen LogP) is 2.66. The lowest BCUT2D eigenvalue weighted by Crippen LogP contribution is -2.27. The van der Waals surface area contributed by atoms with Crippen molar-refractivity contribution in [3.8, 4) is 5.75 Å². The molecule has 0 bridgehead atoms. The molecule has 2 aromatic rings. The van der Waals surface area contributed by atoms with Gasteiger partial charge in [-0.2, -0.15) is 0 Å². The molecule has 1 aliphatic rings. The Hall–Kier alpha value is -2.56. The predicted molar refractivity (Wildman–Crippen MR) is 94.7 cm³/mol. The topological polar surface area (TPSA) is 54.5 Å². The summed E-state index contributed by atoms with van der Waals surface area (Å²) in [5.74, 6) is 0.718. The van der Waals surface area contributed by atoms with Crippen LogP contribution in [0.15, 0.2) is 42.6 Å². The summed E-state index contributed by atoms with van der Waals surface area (Å²) in [6.45, 7) is 2.70. The van der Waals surface area contributed by atoms with Crippen molar-refractivity contribution >= 4 is 11.6 Å². The maximum atomic E-state index is 12.3. The molecular weight excluding hydrogens is 302 g/mol. The van der Waals surface area contributed by atoms with Crippen LogP contribution in [0.25, 0.3) is 0 Å². The fourth-order valence-corrected chi connectivity index (χ4v) is 2.92. The Morgan fingerprint density at radius 3 is 2.67 bits per heavy atom. The van der Waals surface area contributed by atoms with E-state index in [9.17, 15) is 4.79 Å². The number of rotatable bonds is 6. The van der Waals surface area contributed by atoms with Gasteiger partial charge in [-0.15, -0.1) is 0 Å². The molecule has 0 saturated carbocycles. The van der Waals surface area contributed by atoms with Gasteiger partial charge in [0.15, 0.2) is 0 Å². The van der Waals surface area contributed by atoms with Gasteiger partial charge < -0.3 is 15.0 Å². The number of methoxy groups -OCH3 is 1. The van der Waals surface area contributed by atoms with Gasteiger partial charge in [0, 0.05) is 31.5 Å². The third-order valence-corrected chi connectivity index (χ3v) is 4.31. The number of anilines is 1. The number of pyridine rings is 1. The van der Waals surface area contributed by atoms with Crippen LogP contribution in [0.1, 0.15) is 28.9 Å². The van der Waals surface area contributed by atoms with E-state index < -0.39 is 0 Å². The SMILES string of the molecule is COc1ccc(CCNC(=O)c2cc(N3CCCC3)ccn2)cc1. The molecule has 1 aromatic carbocycles. The highest BCUT2D eigenvalue weighted by Crippen LogP contribution is 2.20. The summed E-state index contributed by atoms with van der Waals surface area (Å²) in [5.41, 5.74) is 2.73. The fourth-order valence-electron chi connectivity index (χ4n) is 2.92. The number of nitrogens with zero attached hydrogens (tertiary/aromatic N) is 2. The first-order valence-electron chi connectivity index (χ1n) is 8.38. The third-order valence-electron chi connectivity index (χ3n) is 4.31.